The van der Waals surface area contributed by atoms with Crippen LogP contribution in [-0.2, 0) is 4.79 Å². The average Bonchev–Trinajstić information content (AvgIpc) is 3.22. The van der Waals surface area contributed by atoms with Gasteiger partial charge in [0, 0.05) is 45.5 Å². The summed E-state index contributed by atoms with van der Waals surface area (Å²) in [5.74, 6) is 0.231. The number of hydrogen-bond donors (Lipinski definition) is 0. The van der Waals surface area contributed by atoms with Crippen molar-refractivity contribution in [3.63, 3.8) is 0 Å². The molecule has 1 aromatic heterocycles. The van der Waals surface area contributed by atoms with E-state index in [0.717, 1.165) is 63.7 Å². The first-order chi connectivity index (χ1) is 12.6. The van der Waals surface area contributed by atoms with Crippen LogP contribution in [0.1, 0.15) is 37.0 Å². The molecular weight excluding hydrogens is 348 g/mol. The van der Waals surface area contributed by atoms with Crippen LogP contribution in [0.3, 0.4) is 0 Å². The normalized spacial score (nSPS) is 19.6. The molecule has 3 rings (SSSR count). The minimum Gasteiger partial charge on any atom is -0.339 e. The smallest absolute Gasteiger partial charge is 0.255 e. The summed E-state index contributed by atoms with van der Waals surface area (Å²) in [6.45, 7) is 10.3. The van der Waals surface area contributed by atoms with Crippen molar-refractivity contribution in [2.24, 2.45) is 0 Å². The van der Waals surface area contributed by atoms with Crippen LogP contribution in [0.5, 0.6) is 0 Å². The summed E-state index contributed by atoms with van der Waals surface area (Å²) in [4.78, 5) is 35.6. The summed E-state index contributed by atoms with van der Waals surface area (Å²) in [5, 5.41) is 0.617. The molecule has 2 amide bonds. The number of amides is 2. The Bertz CT molecular complexity index is 623. The van der Waals surface area contributed by atoms with Gasteiger partial charge in [-0.05, 0) is 38.4 Å². The minimum absolute atomic E-state index is 0.0597. The van der Waals surface area contributed by atoms with Gasteiger partial charge in [0.15, 0.2) is 0 Å². The summed E-state index contributed by atoms with van der Waals surface area (Å²) >= 11 is 1.46. The van der Waals surface area contributed by atoms with Crippen LogP contribution in [0.15, 0.2) is 23.4 Å². The highest BCUT2D eigenvalue weighted by molar-refractivity contribution is 8.00. The second-order valence-corrected chi connectivity index (χ2v) is 8.27. The lowest BCUT2D eigenvalue weighted by Gasteiger charge is -2.35. The van der Waals surface area contributed by atoms with E-state index in [1.807, 2.05) is 28.9 Å². The molecule has 0 bridgehead atoms. The van der Waals surface area contributed by atoms with Crippen molar-refractivity contribution in [1.29, 1.82) is 0 Å². The maximum atomic E-state index is 12.6. The summed E-state index contributed by atoms with van der Waals surface area (Å²) in [6.07, 6.45) is 3.80. The van der Waals surface area contributed by atoms with Crippen molar-refractivity contribution in [3.8, 4) is 0 Å². The highest BCUT2D eigenvalue weighted by Crippen LogP contribution is 2.24. The Balaban J connectivity index is 1.53. The first kappa shape index (κ1) is 19.2. The predicted molar refractivity (Wildman–Crippen MR) is 103 cm³/mol. The fourth-order valence-corrected chi connectivity index (χ4v) is 4.32. The lowest BCUT2D eigenvalue weighted by molar-refractivity contribution is -0.132. The number of rotatable bonds is 5. The highest BCUT2D eigenvalue weighted by atomic mass is 32.2. The van der Waals surface area contributed by atoms with Crippen molar-refractivity contribution in [1.82, 2.24) is 19.7 Å². The Labute approximate surface area is 159 Å². The third-order valence-electron chi connectivity index (χ3n) is 5.15. The molecule has 0 spiro atoms. The van der Waals surface area contributed by atoms with Gasteiger partial charge in [0.1, 0.15) is 0 Å². The van der Waals surface area contributed by atoms with Crippen molar-refractivity contribution >= 4 is 23.6 Å². The molecule has 0 saturated carbocycles. The molecule has 2 aliphatic heterocycles. The van der Waals surface area contributed by atoms with E-state index >= 15 is 0 Å². The third-order valence-corrected chi connectivity index (χ3v) is 6.19. The summed E-state index contributed by atoms with van der Waals surface area (Å²) < 4.78 is 0. The third kappa shape index (κ3) is 4.57. The maximum Gasteiger partial charge on any atom is 0.255 e. The van der Waals surface area contributed by atoms with Gasteiger partial charge in [-0.3, -0.25) is 9.59 Å². The van der Waals surface area contributed by atoms with Gasteiger partial charge >= 0.3 is 0 Å². The van der Waals surface area contributed by atoms with E-state index in [0.29, 0.717) is 5.56 Å². The number of pyridine rings is 1. The average molecular weight is 377 g/mol. The number of piperazine rings is 1. The summed E-state index contributed by atoms with van der Waals surface area (Å²) in [7, 11) is 0. The van der Waals surface area contributed by atoms with Gasteiger partial charge in [-0.2, -0.15) is 0 Å². The van der Waals surface area contributed by atoms with Crippen molar-refractivity contribution < 1.29 is 9.59 Å². The largest absolute Gasteiger partial charge is 0.339 e. The molecule has 0 aromatic carbocycles. The van der Waals surface area contributed by atoms with Crippen LogP contribution in [0.25, 0.3) is 0 Å². The Morgan fingerprint density at radius 3 is 2.35 bits per heavy atom. The summed E-state index contributed by atoms with van der Waals surface area (Å²) in [6, 6.07) is 3.68. The molecule has 7 heteroatoms. The zero-order valence-electron chi connectivity index (χ0n) is 15.7. The molecule has 1 atom stereocenters. The molecule has 2 fully saturated rings. The minimum atomic E-state index is -0.171. The van der Waals surface area contributed by atoms with E-state index < -0.39 is 0 Å². The van der Waals surface area contributed by atoms with Gasteiger partial charge in [-0.15, -0.1) is 0 Å². The van der Waals surface area contributed by atoms with Gasteiger partial charge in [-0.1, -0.05) is 18.7 Å². The highest BCUT2D eigenvalue weighted by Gasteiger charge is 2.25. The van der Waals surface area contributed by atoms with E-state index in [1.54, 1.807) is 6.20 Å². The molecule has 3 heterocycles. The van der Waals surface area contributed by atoms with Crippen LogP contribution in [0.4, 0.5) is 0 Å². The molecule has 6 nitrogen and oxygen atoms in total. The van der Waals surface area contributed by atoms with Crippen molar-refractivity contribution in [3.05, 3.63) is 23.9 Å². The lowest BCUT2D eigenvalue weighted by atomic mass is 10.2. The van der Waals surface area contributed by atoms with Gasteiger partial charge in [-0.25, -0.2) is 4.98 Å². The second-order valence-electron chi connectivity index (χ2n) is 6.90. The van der Waals surface area contributed by atoms with E-state index in [1.165, 1.54) is 11.8 Å². The van der Waals surface area contributed by atoms with Gasteiger partial charge in [0.25, 0.3) is 5.91 Å². The van der Waals surface area contributed by atoms with Gasteiger partial charge in [0.05, 0.1) is 15.8 Å². The van der Waals surface area contributed by atoms with Crippen molar-refractivity contribution in [2.45, 2.75) is 37.0 Å². The van der Waals surface area contributed by atoms with E-state index in [4.69, 9.17) is 0 Å². The maximum absolute atomic E-state index is 12.6. The standard InChI is InChI=1S/C19H28N4O2S/c1-3-21-10-12-23(13-11-21)18(24)15(2)26-17-7-6-16(14-20-17)19(25)22-8-4-5-9-22/h6-7,14-15H,3-5,8-13H2,1-2H3. The second kappa shape index (κ2) is 8.86. The van der Waals surface area contributed by atoms with E-state index in [9.17, 15) is 9.59 Å². The quantitative estimate of drug-likeness (QED) is 0.736. The molecule has 0 N–H and O–H groups in total. The van der Waals surface area contributed by atoms with Crippen LogP contribution >= 0.6 is 11.8 Å². The van der Waals surface area contributed by atoms with E-state index in [2.05, 4.69) is 16.8 Å². The van der Waals surface area contributed by atoms with Gasteiger partial charge in [0.2, 0.25) is 5.91 Å². The number of hydrogen-bond acceptors (Lipinski definition) is 5. The molecule has 2 saturated heterocycles. The zero-order valence-corrected chi connectivity index (χ0v) is 16.5. The number of aromatic nitrogens is 1. The first-order valence-corrected chi connectivity index (χ1v) is 10.4. The number of nitrogens with zero attached hydrogens (tertiary/aromatic N) is 4. The molecule has 1 aromatic rings. The number of carbonyl (C=O) groups excluding carboxylic acids is 2. The van der Waals surface area contributed by atoms with Crippen molar-refractivity contribution in [2.75, 3.05) is 45.8 Å². The number of carbonyl (C=O) groups is 2. The zero-order chi connectivity index (χ0) is 18.5. The van der Waals surface area contributed by atoms with Crippen LogP contribution in [0, 0.1) is 0 Å². The Hall–Kier alpha value is -1.60. The fraction of sp³-hybridized carbons (Fsp3) is 0.632. The Morgan fingerprint density at radius 2 is 1.77 bits per heavy atom. The number of likely N-dealkylation sites (tertiary alicyclic amines) is 1. The van der Waals surface area contributed by atoms with Crippen LogP contribution < -0.4 is 0 Å². The first-order valence-electron chi connectivity index (χ1n) is 9.51. The fourth-order valence-electron chi connectivity index (χ4n) is 3.45. The molecule has 0 aliphatic carbocycles. The Morgan fingerprint density at radius 1 is 1.08 bits per heavy atom. The van der Waals surface area contributed by atoms with E-state index in [-0.39, 0.29) is 17.1 Å². The molecule has 26 heavy (non-hydrogen) atoms. The molecule has 142 valence electrons. The molecular formula is C19H28N4O2S. The molecule has 0 radical (unpaired) electrons. The molecule has 2 aliphatic rings. The topological polar surface area (TPSA) is 56.8 Å². The number of thioether (sulfide) groups is 1. The van der Waals surface area contributed by atoms with Gasteiger partial charge < -0.3 is 14.7 Å². The predicted octanol–water partition coefficient (Wildman–Crippen LogP) is 1.96. The summed E-state index contributed by atoms with van der Waals surface area (Å²) in [5.41, 5.74) is 0.630. The van der Waals surface area contributed by atoms with Crippen LogP contribution in [-0.4, -0.2) is 82.6 Å². The van der Waals surface area contributed by atoms with Crippen LogP contribution in [0.2, 0.25) is 0 Å². The monoisotopic (exact) mass is 376 g/mol. The Kier molecular flexibility index (Phi) is 6.53. The number of likely N-dealkylation sites (N-methyl/N-ethyl adjacent to an activating group) is 1. The molecule has 1 unspecified atom stereocenters. The lowest BCUT2D eigenvalue weighted by Crippen LogP contribution is -2.50. The SMILES string of the molecule is CCN1CCN(C(=O)C(C)Sc2ccc(C(=O)N3CCCC3)cn2)CC1.